The second-order valence-electron chi connectivity index (χ2n) is 9.24. The Labute approximate surface area is 143 Å². The van der Waals surface area contributed by atoms with E-state index in [-0.39, 0.29) is 0 Å². The van der Waals surface area contributed by atoms with Crippen LogP contribution < -0.4 is 5.32 Å². The summed E-state index contributed by atoms with van der Waals surface area (Å²) in [6, 6.07) is 7.08. The molecule has 0 spiro atoms. The number of dihydropyridines is 1. The molecule has 0 bridgehead atoms. The lowest BCUT2D eigenvalue weighted by atomic mass is 9.85. The van der Waals surface area contributed by atoms with Gasteiger partial charge in [-0.1, -0.05) is 70.3 Å². The number of allylic oxidation sites excluding steroid dienone is 2. The highest BCUT2D eigenvalue weighted by Crippen LogP contribution is 2.37. The molecule has 0 saturated carbocycles. The zero-order chi connectivity index (χ0) is 17.4. The predicted octanol–water partition coefficient (Wildman–Crippen LogP) is 6.07. The van der Waals surface area contributed by atoms with Gasteiger partial charge in [-0.2, -0.15) is 0 Å². The third-order valence-electron chi connectivity index (χ3n) is 4.41. The topological polar surface area (TPSA) is 12.0 Å². The van der Waals surface area contributed by atoms with Crippen molar-refractivity contribution in [3.8, 4) is 0 Å². The zero-order valence-electron chi connectivity index (χ0n) is 16.2. The van der Waals surface area contributed by atoms with Crippen molar-refractivity contribution >= 4 is 8.07 Å². The number of benzene rings is 1. The number of nitrogens with one attached hydrogen (secondary N) is 1. The second kappa shape index (κ2) is 6.31. The van der Waals surface area contributed by atoms with Crippen molar-refractivity contribution in [2.45, 2.75) is 66.7 Å². The molecule has 1 aliphatic heterocycles. The van der Waals surface area contributed by atoms with Crippen LogP contribution in [0.1, 0.15) is 49.9 Å². The van der Waals surface area contributed by atoms with Gasteiger partial charge in [0, 0.05) is 0 Å². The maximum Gasteiger partial charge on any atom is 0.0798 e. The molecule has 0 amide bonds. The van der Waals surface area contributed by atoms with Crippen LogP contribution in [0.5, 0.6) is 0 Å². The Morgan fingerprint density at radius 3 is 2.26 bits per heavy atom. The third kappa shape index (κ3) is 4.60. The van der Waals surface area contributed by atoms with E-state index in [1.165, 1.54) is 16.7 Å². The van der Waals surface area contributed by atoms with Crippen molar-refractivity contribution in [3.05, 3.63) is 57.9 Å². The molecule has 0 aliphatic carbocycles. The average molecular weight is 328 g/mol. The molecule has 0 saturated heterocycles. The molecule has 126 valence electrons. The molecule has 23 heavy (non-hydrogen) atoms. The van der Waals surface area contributed by atoms with Crippen LogP contribution in [0.3, 0.4) is 0 Å². The largest absolute Gasteiger partial charge is 0.381 e. The highest BCUT2D eigenvalue weighted by molar-refractivity contribution is 6.84. The van der Waals surface area contributed by atoms with E-state index in [0.717, 1.165) is 6.42 Å². The molecule has 1 aromatic rings. The van der Waals surface area contributed by atoms with E-state index in [0.29, 0.717) is 11.5 Å². The van der Waals surface area contributed by atoms with E-state index in [2.05, 4.69) is 90.1 Å². The molecule has 1 atom stereocenters. The Balaban J connectivity index is 2.41. The van der Waals surface area contributed by atoms with Crippen LogP contribution >= 0.6 is 0 Å². The molecular weight excluding hydrogens is 294 g/mol. The van der Waals surface area contributed by atoms with E-state index >= 15 is 0 Å². The van der Waals surface area contributed by atoms with E-state index in [4.69, 9.17) is 0 Å². The average Bonchev–Trinajstić information content (AvgIpc) is 2.35. The van der Waals surface area contributed by atoms with Crippen LogP contribution in [0.25, 0.3) is 0 Å². The fourth-order valence-electron chi connectivity index (χ4n) is 3.38. The molecule has 2 heteroatoms. The standard InChI is InChI=1S/C21H33NSi/c1-15-9-10-18(16(2)11-15)19-12-17(13-21(3,4)5)20(14-22-19)23(6,7)8/h9-12,14,19,22H,13H2,1-8H3/t19-/m0/s1. The summed E-state index contributed by atoms with van der Waals surface area (Å²) in [5.41, 5.74) is 5.97. The fraction of sp³-hybridized carbons (Fsp3) is 0.524. The van der Waals surface area contributed by atoms with Gasteiger partial charge < -0.3 is 5.32 Å². The van der Waals surface area contributed by atoms with Crippen molar-refractivity contribution in [3.63, 3.8) is 0 Å². The first-order valence-corrected chi connectivity index (χ1v) is 12.2. The molecule has 2 rings (SSSR count). The van der Waals surface area contributed by atoms with Crippen LogP contribution in [0.15, 0.2) is 41.2 Å². The smallest absolute Gasteiger partial charge is 0.0798 e. The minimum Gasteiger partial charge on any atom is -0.381 e. The lowest BCUT2D eigenvalue weighted by Crippen LogP contribution is -2.32. The van der Waals surface area contributed by atoms with Gasteiger partial charge in [0.25, 0.3) is 0 Å². The van der Waals surface area contributed by atoms with Crippen molar-refractivity contribution < 1.29 is 0 Å². The van der Waals surface area contributed by atoms with Crippen molar-refractivity contribution in [2.24, 2.45) is 5.41 Å². The summed E-state index contributed by atoms with van der Waals surface area (Å²) in [5, 5.41) is 5.24. The predicted molar refractivity (Wildman–Crippen MR) is 105 cm³/mol. The van der Waals surface area contributed by atoms with Gasteiger partial charge >= 0.3 is 0 Å². The molecule has 0 radical (unpaired) electrons. The van der Waals surface area contributed by atoms with Gasteiger partial charge in [0.15, 0.2) is 0 Å². The number of hydrogen-bond donors (Lipinski definition) is 1. The SMILES string of the molecule is Cc1ccc([C@@H]2C=C(CC(C)(C)C)C([Si](C)(C)C)=CN2)c(C)c1. The van der Waals surface area contributed by atoms with Crippen LogP contribution in [0.2, 0.25) is 19.6 Å². The summed E-state index contributed by atoms with van der Waals surface area (Å²) in [4.78, 5) is 0. The Bertz CT molecular complexity index is 639. The molecule has 1 aromatic carbocycles. The third-order valence-corrected chi connectivity index (χ3v) is 6.49. The van der Waals surface area contributed by atoms with Gasteiger partial charge in [-0.25, -0.2) is 0 Å². The highest BCUT2D eigenvalue weighted by atomic mass is 28.3. The fourth-order valence-corrected chi connectivity index (χ4v) is 5.03. The maximum absolute atomic E-state index is 3.66. The summed E-state index contributed by atoms with van der Waals surface area (Å²) in [5.74, 6) is 0. The first-order valence-electron chi connectivity index (χ1n) is 8.72. The van der Waals surface area contributed by atoms with Crippen LogP contribution in [-0.2, 0) is 0 Å². The number of rotatable bonds is 3. The first-order chi connectivity index (χ1) is 10.5. The molecule has 1 aliphatic rings. The normalized spacial score (nSPS) is 19.0. The Kier molecular flexibility index (Phi) is 4.96. The lowest BCUT2D eigenvalue weighted by Gasteiger charge is -2.33. The highest BCUT2D eigenvalue weighted by Gasteiger charge is 2.29. The monoisotopic (exact) mass is 327 g/mol. The van der Waals surface area contributed by atoms with Crippen LogP contribution in [0, 0.1) is 19.3 Å². The van der Waals surface area contributed by atoms with Crippen LogP contribution in [0.4, 0.5) is 0 Å². The molecule has 1 N–H and O–H groups in total. The van der Waals surface area contributed by atoms with Gasteiger partial charge in [0.1, 0.15) is 0 Å². The van der Waals surface area contributed by atoms with E-state index in [1.807, 2.05) is 0 Å². The Morgan fingerprint density at radius 1 is 1.09 bits per heavy atom. The minimum atomic E-state index is -1.34. The number of aryl methyl sites for hydroxylation is 2. The van der Waals surface area contributed by atoms with Crippen molar-refractivity contribution in [2.75, 3.05) is 0 Å². The summed E-state index contributed by atoms with van der Waals surface area (Å²) < 4.78 is 0. The molecular formula is C21H33NSi. The molecule has 1 nitrogen and oxygen atoms in total. The second-order valence-corrected chi connectivity index (χ2v) is 14.3. The zero-order valence-corrected chi connectivity index (χ0v) is 17.2. The Morgan fingerprint density at radius 2 is 1.74 bits per heavy atom. The first kappa shape index (κ1) is 18.1. The minimum absolute atomic E-state index is 0.299. The van der Waals surface area contributed by atoms with E-state index < -0.39 is 8.07 Å². The summed E-state index contributed by atoms with van der Waals surface area (Å²) in [6.45, 7) is 18.7. The Hall–Kier alpha value is -1.28. The number of hydrogen-bond acceptors (Lipinski definition) is 1. The van der Waals surface area contributed by atoms with E-state index in [9.17, 15) is 0 Å². The van der Waals surface area contributed by atoms with Crippen molar-refractivity contribution in [1.82, 2.24) is 5.32 Å². The molecule has 0 aromatic heterocycles. The molecule has 0 fully saturated rings. The van der Waals surface area contributed by atoms with Gasteiger partial charge in [-0.05, 0) is 53.8 Å². The van der Waals surface area contributed by atoms with Gasteiger partial charge in [-0.15, -0.1) is 0 Å². The van der Waals surface area contributed by atoms with Gasteiger partial charge in [0.05, 0.1) is 14.1 Å². The molecule has 0 unspecified atom stereocenters. The van der Waals surface area contributed by atoms with Crippen molar-refractivity contribution in [1.29, 1.82) is 0 Å². The maximum atomic E-state index is 3.66. The van der Waals surface area contributed by atoms with Gasteiger partial charge in [-0.3, -0.25) is 0 Å². The van der Waals surface area contributed by atoms with E-state index in [1.54, 1.807) is 10.8 Å². The molecule has 1 heterocycles. The summed E-state index contributed by atoms with van der Waals surface area (Å²) in [6.07, 6.45) is 5.94. The lowest BCUT2D eigenvalue weighted by molar-refractivity contribution is 0.410. The summed E-state index contributed by atoms with van der Waals surface area (Å²) >= 11 is 0. The quantitative estimate of drug-likeness (QED) is 0.664. The summed E-state index contributed by atoms with van der Waals surface area (Å²) in [7, 11) is -1.34. The van der Waals surface area contributed by atoms with Gasteiger partial charge in [0.2, 0.25) is 0 Å². The van der Waals surface area contributed by atoms with Crippen LogP contribution in [-0.4, -0.2) is 8.07 Å².